The lowest BCUT2D eigenvalue weighted by molar-refractivity contribution is -0.123. The minimum Gasteiger partial charge on any atom is -0.448 e. The minimum atomic E-state index is -3.66. The molecule has 35 heavy (non-hydrogen) atoms. The van der Waals surface area contributed by atoms with Crippen molar-refractivity contribution >= 4 is 27.6 Å². The molecule has 2 N–H and O–H groups in total. The molecule has 3 aromatic rings. The highest BCUT2D eigenvalue weighted by Gasteiger charge is 2.21. The predicted molar refractivity (Wildman–Crippen MR) is 129 cm³/mol. The van der Waals surface area contributed by atoms with Crippen molar-refractivity contribution in [3.05, 3.63) is 88.3 Å². The molecule has 3 rings (SSSR count). The maximum atomic E-state index is 12.5. The molecular weight excluding hydrogens is 472 g/mol. The smallest absolute Gasteiger partial charge is 0.359 e. The zero-order valence-electron chi connectivity index (χ0n) is 19.5. The first-order chi connectivity index (χ1) is 16.5. The Morgan fingerprint density at radius 3 is 2.26 bits per heavy atom. The van der Waals surface area contributed by atoms with Crippen molar-refractivity contribution in [1.29, 1.82) is 0 Å². The molecule has 1 aromatic heterocycles. The average Bonchev–Trinajstić information content (AvgIpc) is 2.80. The van der Waals surface area contributed by atoms with E-state index < -0.39 is 28.0 Å². The average molecular weight is 499 g/mol. The molecule has 0 saturated heterocycles. The second-order valence-corrected chi connectivity index (χ2v) is 9.75. The van der Waals surface area contributed by atoms with Crippen LogP contribution in [0, 0.1) is 0 Å². The van der Waals surface area contributed by atoms with Gasteiger partial charge < -0.3 is 10.1 Å². The van der Waals surface area contributed by atoms with Crippen LogP contribution in [-0.4, -0.2) is 42.2 Å². The van der Waals surface area contributed by atoms with Gasteiger partial charge in [0.2, 0.25) is 10.0 Å². The van der Waals surface area contributed by atoms with Gasteiger partial charge in [-0.15, -0.1) is 0 Å². The Kier molecular flexibility index (Phi) is 8.15. The lowest BCUT2D eigenvalue weighted by atomic mass is 10.2. The van der Waals surface area contributed by atoms with Gasteiger partial charge >= 0.3 is 5.97 Å². The number of nitrogens with zero attached hydrogens (tertiary/aromatic N) is 2. The fraction of sp³-hybridized carbons (Fsp3) is 0.250. The van der Waals surface area contributed by atoms with Crippen molar-refractivity contribution in [2.45, 2.75) is 44.4 Å². The molecule has 0 aliphatic rings. The van der Waals surface area contributed by atoms with Gasteiger partial charge in [-0.2, -0.15) is 5.10 Å². The Hall–Kier alpha value is -3.83. The molecule has 0 spiro atoms. The van der Waals surface area contributed by atoms with Gasteiger partial charge in [0.05, 0.1) is 11.4 Å². The van der Waals surface area contributed by atoms with E-state index in [-0.39, 0.29) is 28.7 Å². The van der Waals surface area contributed by atoms with Gasteiger partial charge in [0, 0.05) is 17.8 Å². The van der Waals surface area contributed by atoms with Gasteiger partial charge in [-0.05, 0) is 56.7 Å². The van der Waals surface area contributed by atoms with Gasteiger partial charge in [-0.1, -0.05) is 30.3 Å². The molecule has 0 radical (unpaired) electrons. The Balaban J connectivity index is 1.63. The van der Waals surface area contributed by atoms with Gasteiger partial charge in [0.1, 0.15) is 0 Å². The molecule has 184 valence electrons. The minimum absolute atomic E-state index is 0.0559. The number of nitrogens with one attached hydrogen (secondary N) is 2. The van der Waals surface area contributed by atoms with Crippen LogP contribution in [0.4, 0.5) is 5.69 Å². The fourth-order valence-electron chi connectivity index (χ4n) is 3.04. The van der Waals surface area contributed by atoms with Crippen LogP contribution in [-0.2, 0) is 26.1 Å². The Labute approximate surface area is 203 Å². The summed E-state index contributed by atoms with van der Waals surface area (Å²) in [6.07, 6.45) is -1.18. The van der Waals surface area contributed by atoms with Crippen molar-refractivity contribution < 1.29 is 22.7 Å². The van der Waals surface area contributed by atoms with Gasteiger partial charge in [0.25, 0.3) is 11.5 Å². The van der Waals surface area contributed by atoms with Crippen LogP contribution in [0.25, 0.3) is 0 Å². The van der Waals surface area contributed by atoms with E-state index >= 15 is 0 Å². The van der Waals surface area contributed by atoms with E-state index in [1.165, 1.54) is 43.3 Å². The summed E-state index contributed by atoms with van der Waals surface area (Å²) in [6.45, 7) is 4.98. The first kappa shape index (κ1) is 25.8. The number of anilines is 1. The summed E-state index contributed by atoms with van der Waals surface area (Å²) in [5, 5.41) is 6.62. The quantitative estimate of drug-likeness (QED) is 0.432. The molecule has 1 unspecified atom stereocenters. The van der Waals surface area contributed by atoms with E-state index in [4.69, 9.17) is 4.74 Å². The van der Waals surface area contributed by atoms with Crippen LogP contribution < -0.4 is 15.6 Å². The second kappa shape index (κ2) is 11.1. The van der Waals surface area contributed by atoms with Crippen molar-refractivity contribution in [2.75, 3.05) is 5.32 Å². The molecule has 0 bridgehead atoms. The van der Waals surface area contributed by atoms with E-state index in [0.717, 1.165) is 10.2 Å². The van der Waals surface area contributed by atoms with E-state index in [1.807, 2.05) is 30.3 Å². The van der Waals surface area contributed by atoms with E-state index in [0.29, 0.717) is 5.69 Å². The molecule has 1 amide bonds. The van der Waals surface area contributed by atoms with Crippen LogP contribution in [0.3, 0.4) is 0 Å². The summed E-state index contributed by atoms with van der Waals surface area (Å²) < 4.78 is 33.2. The van der Waals surface area contributed by atoms with Crippen molar-refractivity contribution in [2.24, 2.45) is 0 Å². The zero-order chi connectivity index (χ0) is 25.6. The third-order valence-electron chi connectivity index (χ3n) is 4.73. The first-order valence-electron chi connectivity index (χ1n) is 10.8. The number of hydrogen-bond acceptors (Lipinski definition) is 7. The fourth-order valence-corrected chi connectivity index (χ4v) is 4.29. The highest BCUT2D eigenvalue weighted by Crippen LogP contribution is 2.15. The molecule has 0 aliphatic carbocycles. The molecule has 1 heterocycles. The summed E-state index contributed by atoms with van der Waals surface area (Å²) in [4.78, 5) is 37.2. The Bertz CT molecular complexity index is 1350. The second-order valence-electron chi connectivity index (χ2n) is 8.04. The standard InChI is InChI=1S/C24H26N4O6S/c1-16(2)27-35(32,33)20-11-9-19(10-12-20)25-23(30)17(3)34-24(31)21-13-14-22(29)28(26-21)15-18-7-5-4-6-8-18/h4-14,16-17,27H,15H2,1-3H3,(H,25,30). The van der Waals surface area contributed by atoms with E-state index in [2.05, 4.69) is 15.1 Å². The summed E-state index contributed by atoms with van der Waals surface area (Å²) in [5.41, 5.74) is 0.660. The molecule has 0 fully saturated rings. The number of rotatable bonds is 9. The van der Waals surface area contributed by atoms with Gasteiger partial charge in [-0.3, -0.25) is 9.59 Å². The van der Waals surface area contributed by atoms with Crippen molar-refractivity contribution in [1.82, 2.24) is 14.5 Å². The third-order valence-corrected chi connectivity index (χ3v) is 6.40. The van der Waals surface area contributed by atoms with Gasteiger partial charge in [0.15, 0.2) is 11.8 Å². The number of carbonyl (C=O) groups is 2. The Morgan fingerprint density at radius 2 is 1.63 bits per heavy atom. The lowest BCUT2D eigenvalue weighted by Gasteiger charge is -2.14. The Morgan fingerprint density at radius 1 is 0.971 bits per heavy atom. The van der Waals surface area contributed by atoms with Crippen LogP contribution in [0.1, 0.15) is 36.8 Å². The first-order valence-corrected chi connectivity index (χ1v) is 12.3. The summed E-state index contributed by atoms with van der Waals surface area (Å²) in [5.74, 6) is -1.48. The zero-order valence-corrected chi connectivity index (χ0v) is 20.3. The number of aromatic nitrogens is 2. The topological polar surface area (TPSA) is 136 Å². The van der Waals surface area contributed by atoms with Crippen LogP contribution in [0.15, 0.2) is 76.4 Å². The van der Waals surface area contributed by atoms with Crippen LogP contribution in [0.2, 0.25) is 0 Å². The van der Waals surface area contributed by atoms with Gasteiger partial charge in [-0.25, -0.2) is 22.6 Å². The third kappa shape index (κ3) is 7.08. The number of benzene rings is 2. The number of hydrogen-bond donors (Lipinski definition) is 2. The molecule has 2 aromatic carbocycles. The largest absolute Gasteiger partial charge is 0.448 e. The van der Waals surface area contributed by atoms with E-state index in [1.54, 1.807) is 13.8 Å². The number of sulfonamides is 1. The predicted octanol–water partition coefficient (Wildman–Crippen LogP) is 2.16. The maximum absolute atomic E-state index is 12.5. The van der Waals surface area contributed by atoms with E-state index in [9.17, 15) is 22.8 Å². The van der Waals surface area contributed by atoms with Crippen molar-refractivity contribution in [3.63, 3.8) is 0 Å². The molecule has 1 atom stereocenters. The number of ether oxygens (including phenoxy) is 1. The normalized spacial score (nSPS) is 12.2. The van der Waals surface area contributed by atoms with Crippen LogP contribution >= 0.6 is 0 Å². The molecule has 0 aliphatic heterocycles. The molecule has 11 heteroatoms. The number of esters is 1. The lowest BCUT2D eigenvalue weighted by Crippen LogP contribution is -2.32. The highest BCUT2D eigenvalue weighted by atomic mass is 32.2. The molecule has 10 nitrogen and oxygen atoms in total. The summed E-state index contributed by atoms with van der Waals surface area (Å²) in [6, 6.07) is 16.9. The highest BCUT2D eigenvalue weighted by molar-refractivity contribution is 7.89. The SMILES string of the molecule is CC(C)NS(=O)(=O)c1ccc(NC(=O)C(C)OC(=O)c2ccc(=O)n(Cc3ccccc3)n2)cc1. The van der Waals surface area contributed by atoms with Crippen LogP contribution in [0.5, 0.6) is 0 Å². The summed E-state index contributed by atoms with van der Waals surface area (Å²) in [7, 11) is -3.66. The summed E-state index contributed by atoms with van der Waals surface area (Å²) >= 11 is 0. The molecule has 0 saturated carbocycles. The van der Waals surface area contributed by atoms with Crippen molar-refractivity contribution in [3.8, 4) is 0 Å². The monoisotopic (exact) mass is 498 g/mol. The number of carbonyl (C=O) groups excluding carboxylic acids is 2. The maximum Gasteiger partial charge on any atom is 0.359 e. The molecular formula is C24H26N4O6S. The number of amides is 1.